The van der Waals surface area contributed by atoms with Gasteiger partial charge in [-0.3, -0.25) is 4.79 Å². The molecule has 0 saturated carbocycles. The zero-order chi connectivity index (χ0) is 14.0. The average Bonchev–Trinajstić information content (AvgIpc) is 2.33. The van der Waals surface area contributed by atoms with Crippen LogP contribution in [0.2, 0.25) is 0 Å². The molecule has 104 valence electrons. The smallest absolute Gasteiger partial charge is 0.333 e. The van der Waals surface area contributed by atoms with Crippen molar-refractivity contribution in [1.29, 1.82) is 0 Å². The largest absolute Gasteiger partial charge is 0.461 e. The van der Waals surface area contributed by atoms with Crippen molar-refractivity contribution in [2.75, 3.05) is 19.8 Å². The Hall–Kier alpha value is -1.40. The van der Waals surface area contributed by atoms with Gasteiger partial charge in [0.25, 0.3) is 0 Å². The number of unbranched alkanes of at least 4 members (excludes halogenated alkanes) is 1. The fraction of sp³-hybridized carbons (Fsp3) is 0.667. The Morgan fingerprint density at radius 2 is 1.83 bits per heavy atom. The first-order valence-electron chi connectivity index (χ1n) is 5.94. The number of ether oxygens (including phenoxy) is 2. The molecule has 0 aromatic carbocycles. The Labute approximate surface area is 107 Å². The third kappa shape index (κ3) is 7.81. The van der Waals surface area contributed by atoms with Crippen LogP contribution in [0.1, 0.15) is 26.2 Å². The van der Waals surface area contributed by atoms with Crippen molar-refractivity contribution in [3.8, 4) is 0 Å². The van der Waals surface area contributed by atoms with E-state index in [9.17, 15) is 9.59 Å². The summed E-state index contributed by atoms with van der Waals surface area (Å²) in [6.45, 7) is 5.56. The average molecular weight is 258 g/mol. The number of hydrogen-bond acceptors (Lipinski definition) is 6. The van der Waals surface area contributed by atoms with E-state index in [1.807, 2.05) is 0 Å². The molecule has 0 aliphatic heterocycles. The predicted octanol–water partition coefficient (Wildman–Crippen LogP) is 0.105. The van der Waals surface area contributed by atoms with Crippen LogP contribution in [0.15, 0.2) is 12.2 Å². The second kappa shape index (κ2) is 9.61. The van der Waals surface area contributed by atoms with Crippen molar-refractivity contribution in [1.82, 2.24) is 0 Å². The lowest BCUT2D eigenvalue weighted by molar-refractivity contribution is -0.151. The van der Waals surface area contributed by atoms with Crippen LogP contribution in [0, 0.1) is 0 Å². The van der Waals surface area contributed by atoms with E-state index >= 15 is 0 Å². The second-order valence-electron chi connectivity index (χ2n) is 3.97. The highest BCUT2D eigenvalue weighted by molar-refractivity contribution is 5.86. The van der Waals surface area contributed by atoms with Crippen molar-refractivity contribution >= 4 is 11.9 Å². The standard InChI is InChI=1S/C12H22N2O4/c1-9(2)11(15)17-7-8-18-12(16)10(14)5-3-4-6-13/h10H,1,3-8,13-14H2,2H3. The zero-order valence-electron chi connectivity index (χ0n) is 10.8. The highest BCUT2D eigenvalue weighted by Gasteiger charge is 2.14. The molecule has 0 saturated heterocycles. The van der Waals surface area contributed by atoms with Gasteiger partial charge in [-0.05, 0) is 26.3 Å². The van der Waals surface area contributed by atoms with Crippen LogP contribution >= 0.6 is 0 Å². The number of nitrogens with two attached hydrogens (primary N) is 2. The first-order valence-corrected chi connectivity index (χ1v) is 5.94. The monoisotopic (exact) mass is 258 g/mol. The summed E-state index contributed by atoms with van der Waals surface area (Å²) in [6.07, 6.45) is 2.16. The lowest BCUT2D eigenvalue weighted by atomic mass is 10.1. The van der Waals surface area contributed by atoms with Gasteiger partial charge in [-0.15, -0.1) is 0 Å². The minimum Gasteiger partial charge on any atom is -0.461 e. The van der Waals surface area contributed by atoms with E-state index in [2.05, 4.69) is 6.58 Å². The van der Waals surface area contributed by atoms with Gasteiger partial charge < -0.3 is 20.9 Å². The van der Waals surface area contributed by atoms with Gasteiger partial charge in [0.2, 0.25) is 0 Å². The van der Waals surface area contributed by atoms with Crippen molar-refractivity contribution in [2.24, 2.45) is 11.5 Å². The molecule has 0 bridgehead atoms. The van der Waals surface area contributed by atoms with Gasteiger partial charge in [-0.25, -0.2) is 4.79 Å². The topological polar surface area (TPSA) is 105 Å². The van der Waals surface area contributed by atoms with Gasteiger partial charge in [0.05, 0.1) is 0 Å². The number of carbonyl (C=O) groups excluding carboxylic acids is 2. The van der Waals surface area contributed by atoms with Crippen LogP contribution in [-0.4, -0.2) is 37.7 Å². The summed E-state index contributed by atoms with van der Waals surface area (Å²) >= 11 is 0. The highest BCUT2D eigenvalue weighted by atomic mass is 16.6. The maximum absolute atomic E-state index is 11.4. The Kier molecular flexibility index (Phi) is 8.86. The summed E-state index contributed by atoms with van der Waals surface area (Å²) in [7, 11) is 0. The number of hydrogen-bond donors (Lipinski definition) is 2. The summed E-state index contributed by atoms with van der Waals surface area (Å²) in [5, 5.41) is 0. The first kappa shape index (κ1) is 16.6. The van der Waals surface area contributed by atoms with E-state index in [0.29, 0.717) is 18.5 Å². The molecule has 0 spiro atoms. The first-order chi connectivity index (χ1) is 8.49. The minimum atomic E-state index is -0.645. The molecule has 4 N–H and O–H groups in total. The molecule has 1 atom stereocenters. The molecule has 0 aromatic rings. The molecule has 18 heavy (non-hydrogen) atoms. The maximum Gasteiger partial charge on any atom is 0.333 e. The Balaban J connectivity index is 3.63. The molecule has 0 aliphatic carbocycles. The molecule has 0 aliphatic rings. The Bertz CT molecular complexity index is 292. The van der Waals surface area contributed by atoms with Gasteiger partial charge >= 0.3 is 11.9 Å². The van der Waals surface area contributed by atoms with E-state index in [4.69, 9.17) is 20.9 Å². The molecule has 0 fully saturated rings. The van der Waals surface area contributed by atoms with Gasteiger partial charge in [-0.2, -0.15) is 0 Å². The molecular formula is C12H22N2O4. The lowest BCUT2D eigenvalue weighted by Gasteiger charge is -2.11. The molecular weight excluding hydrogens is 236 g/mol. The lowest BCUT2D eigenvalue weighted by Crippen LogP contribution is -2.33. The normalized spacial score (nSPS) is 11.7. The van der Waals surface area contributed by atoms with Crippen LogP contribution in [0.5, 0.6) is 0 Å². The summed E-state index contributed by atoms with van der Waals surface area (Å²) < 4.78 is 9.62. The zero-order valence-corrected chi connectivity index (χ0v) is 10.8. The number of esters is 2. The van der Waals surface area contributed by atoms with Gasteiger partial charge in [0, 0.05) is 5.57 Å². The molecule has 0 radical (unpaired) electrons. The second-order valence-corrected chi connectivity index (χ2v) is 3.97. The highest BCUT2D eigenvalue weighted by Crippen LogP contribution is 2.00. The quantitative estimate of drug-likeness (QED) is 0.345. The third-order valence-corrected chi connectivity index (χ3v) is 2.18. The number of rotatable bonds is 9. The SMILES string of the molecule is C=C(C)C(=O)OCCOC(=O)C(N)CCCCN. The van der Waals surface area contributed by atoms with Crippen LogP contribution in [0.25, 0.3) is 0 Å². The van der Waals surface area contributed by atoms with E-state index in [-0.39, 0.29) is 13.2 Å². The van der Waals surface area contributed by atoms with E-state index in [1.54, 1.807) is 6.92 Å². The molecule has 6 heteroatoms. The van der Waals surface area contributed by atoms with Crippen LogP contribution in [0.4, 0.5) is 0 Å². The van der Waals surface area contributed by atoms with E-state index in [0.717, 1.165) is 12.8 Å². The van der Waals surface area contributed by atoms with E-state index in [1.165, 1.54) is 0 Å². The van der Waals surface area contributed by atoms with Crippen LogP contribution < -0.4 is 11.5 Å². The fourth-order valence-corrected chi connectivity index (χ4v) is 1.13. The Morgan fingerprint density at radius 3 is 2.39 bits per heavy atom. The van der Waals surface area contributed by atoms with Gasteiger partial charge in [0.15, 0.2) is 0 Å². The van der Waals surface area contributed by atoms with Gasteiger partial charge in [-0.1, -0.05) is 13.0 Å². The molecule has 0 heterocycles. The molecule has 0 amide bonds. The summed E-state index contributed by atoms with van der Waals surface area (Å²) in [5.74, 6) is -0.989. The minimum absolute atomic E-state index is 0.00242. The molecule has 6 nitrogen and oxygen atoms in total. The van der Waals surface area contributed by atoms with Crippen molar-refractivity contribution in [2.45, 2.75) is 32.2 Å². The van der Waals surface area contributed by atoms with E-state index < -0.39 is 18.0 Å². The maximum atomic E-state index is 11.4. The fourth-order valence-electron chi connectivity index (χ4n) is 1.13. The van der Waals surface area contributed by atoms with Crippen molar-refractivity contribution in [3.05, 3.63) is 12.2 Å². The molecule has 0 aromatic heterocycles. The van der Waals surface area contributed by atoms with Crippen LogP contribution in [0.3, 0.4) is 0 Å². The van der Waals surface area contributed by atoms with Crippen molar-refractivity contribution < 1.29 is 19.1 Å². The molecule has 1 unspecified atom stereocenters. The third-order valence-electron chi connectivity index (χ3n) is 2.18. The number of carbonyl (C=O) groups is 2. The van der Waals surface area contributed by atoms with Crippen LogP contribution in [-0.2, 0) is 19.1 Å². The molecule has 0 rings (SSSR count). The van der Waals surface area contributed by atoms with Gasteiger partial charge in [0.1, 0.15) is 19.3 Å². The Morgan fingerprint density at radius 1 is 1.22 bits per heavy atom. The van der Waals surface area contributed by atoms with Crippen molar-refractivity contribution in [3.63, 3.8) is 0 Å². The summed E-state index contributed by atoms with van der Waals surface area (Å²) in [4.78, 5) is 22.4. The summed E-state index contributed by atoms with van der Waals surface area (Å²) in [6, 6.07) is -0.645. The summed E-state index contributed by atoms with van der Waals surface area (Å²) in [5.41, 5.74) is 11.2. The predicted molar refractivity (Wildman–Crippen MR) is 67.6 cm³/mol.